The predicted molar refractivity (Wildman–Crippen MR) is 75.0 cm³/mol. The van der Waals surface area contributed by atoms with Gasteiger partial charge in [-0.3, -0.25) is 19.9 Å². The van der Waals surface area contributed by atoms with Gasteiger partial charge in [0.2, 0.25) is 0 Å². The van der Waals surface area contributed by atoms with E-state index in [1.54, 1.807) is 12.3 Å². The number of nitro groups is 1. The molecule has 1 N–H and O–H groups in total. The van der Waals surface area contributed by atoms with E-state index in [0.717, 1.165) is 11.6 Å². The van der Waals surface area contributed by atoms with Crippen molar-refractivity contribution in [1.82, 2.24) is 4.98 Å². The molecule has 1 aromatic heterocycles. The van der Waals surface area contributed by atoms with Crippen LogP contribution in [0.2, 0.25) is 5.02 Å². The van der Waals surface area contributed by atoms with Crippen molar-refractivity contribution < 1.29 is 9.72 Å². The van der Waals surface area contributed by atoms with Crippen molar-refractivity contribution in [2.24, 2.45) is 0 Å². The molecule has 0 unspecified atom stereocenters. The van der Waals surface area contributed by atoms with Crippen LogP contribution in [0.4, 0.5) is 11.4 Å². The van der Waals surface area contributed by atoms with Crippen LogP contribution in [-0.4, -0.2) is 15.8 Å². The van der Waals surface area contributed by atoms with Crippen LogP contribution in [0.25, 0.3) is 0 Å². The Morgan fingerprint density at radius 1 is 1.35 bits per heavy atom. The van der Waals surface area contributed by atoms with Crippen molar-refractivity contribution in [1.29, 1.82) is 0 Å². The average Bonchev–Trinajstić information content (AvgIpc) is 2.38. The lowest BCUT2D eigenvalue weighted by Crippen LogP contribution is -2.13. The van der Waals surface area contributed by atoms with Gasteiger partial charge in [-0.15, -0.1) is 0 Å². The normalized spacial score (nSPS) is 10.1. The fraction of sp³-hybridized carbons (Fsp3) is 0.0769. The van der Waals surface area contributed by atoms with E-state index >= 15 is 0 Å². The number of hydrogen-bond donors (Lipinski definition) is 1. The summed E-state index contributed by atoms with van der Waals surface area (Å²) in [6.45, 7) is 1.84. The molecule has 1 aromatic carbocycles. The summed E-state index contributed by atoms with van der Waals surface area (Å²) < 4.78 is 0. The van der Waals surface area contributed by atoms with Gasteiger partial charge < -0.3 is 5.32 Å². The van der Waals surface area contributed by atoms with Crippen molar-refractivity contribution in [3.8, 4) is 0 Å². The van der Waals surface area contributed by atoms with Gasteiger partial charge in [-0.05, 0) is 24.6 Å². The second-order valence-corrected chi connectivity index (χ2v) is 4.53. The third-order valence-corrected chi connectivity index (χ3v) is 2.87. The lowest BCUT2D eigenvalue weighted by Gasteiger charge is -2.07. The molecule has 0 spiro atoms. The second-order valence-electron chi connectivity index (χ2n) is 4.13. The number of non-ortho nitro benzene ring substituents is 1. The lowest BCUT2D eigenvalue weighted by atomic mass is 10.2. The Morgan fingerprint density at radius 2 is 2.10 bits per heavy atom. The van der Waals surface area contributed by atoms with E-state index in [1.165, 1.54) is 18.3 Å². The third-order valence-electron chi connectivity index (χ3n) is 2.54. The molecule has 20 heavy (non-hydrogen) atoms. The highest BCUT2D eigenvalue weighted by Gasteiger charge is 2.16. The van der Waals surface area contributed by atoms with Gasteiger partial charge in [-0.2, -0.15) is 0 Å². The molecule has 0 aliphatic carbocycles. The Balaban J connectivity index is 2.29. The highest BCUT2D eigenvalue weighted by molar-refractivity contribution is 6.34. The van der Waals surface area contributed by atoms with Crippen LogP contribution in [0.1, 0.15) is 15.9 Å². The summed E-state index contributed by atoms with van der Waals surface area (Å²) in [7, 11) is 0. The maximum atomic E-state index is 12.1. The zero-order valence-electron chi connectivity index (χ0n) is 10.5. The SMILES string of the molecule is Cc1cncc(NC(=O)c2cc([N+](=O)[O-])ccc2Cl)c1. The van der Waals surface area contributed by atoms with Crippen LogP contribution in [0.15, 0.2) is 36.7 Å². The highest BCUT2D eigenvalue weighted by atomic mass is 35.5. The average molecular weight is 292 g/mol. The molecule has 7 heteroatoms. The van der Waals surface area contributed by atoms with Crippen molar-refractivity contribution in [3.63, 3.8) is 0 Å². The molecule has 1 heterocycles. The van der Waals surface area contributed by atoms with E-state index < -0.39 is 10.8 Å². The first kappa shape index (κ1) is 14.0. The van der Waals surface area contributed by atoms with Crippen LogP contribution in [0.3, 0.4) is 0 Å². The van der Waals surface area contributed by atoms with Crippen LogP contribution in [0, 0.1) is 17.0 Å². The van der Waals surface area contributed by atoms with Gasteiger partial charge in [0.1, 0.15) is 0 Å². The number of anilines is 1. The van der Waals surface area contributed by atoms with Gasteiger partial charge in [0, 0.05) is 18.3 Å². The summed E-state index contributed by atoms with van der Waals surface area (Å²) in [4.78, 5) is 26.1. The molecule has 0 aliphatic heterocycles. The monoisotopic (exact) mass is 291 g/mol. The minimum absolute atomic E-state index is 0.0439. The van der Waals surface area contributed by atoms with Crippen molar-refractivity contribution in [3.05, 3.63) is 62.9 Å². The summed E-state index contributed by atoms with van der Waals surface area (Å²) >= 11 is 5.89. The molecule has 0 bridgehead atoms. The first-order valence-electron chi connectivity index (χ1n) is 5.64. The minimum Gasteiger partial charge on any atom is -0.321 e. The number of amides is 1. The molecule has 6 nitrogen and oxygen atoms in total. The molecule has 0 saturated heterocycles. The number of rotatable bonds is 3. The highest BCUT2D eigenvalue weighted by Crippen LogP contribution is 2.23. The van der Waals surface area contributed by atoms with E-state index in [4.69, 9.17) is 11.6 Å². The smallest absolute Gasteiger partial charge is 0.270 e. The number of carbonyl (C=O) groups excluding carboxylic acids is 1. The molecule has 0 atom stereocenters. The molecule has 0 radical (unpaired) electrons. The predicted octanol–water partition coefficient (Wildman–Crippen LogP) is 3.20. The largest absolute Gasteiger partial charge is 0.321 e. The van der Waals surface area contributed by atoms with Gasteiger partial charge in [0.05, 0.1) is 27.4 Å². The molecule has 2 aromatic rings. The summed E-state index contributed by atoms with van der Waals surface area (Å²) in [6, 6.07) is 5.44. The molecule has 0 aliphatic rings. The van der Waals surface area contributed by atoms with Gasteiger partial charge in [0.15, 0.2) is 0 Å². The van der Waals surface area contributed by atoms with Crippen LogP contribution >= 0.6 is 11.6 Å². The number of nitro benzene ring substituents is 1. The molecule has 1 amide bonds. The molecule has 2 rings (SSSR count). The van der Waals surface area contributed by atoms with Gasteiger partial charge >= 0.3 is 0 Å². The Hall–Kier alpha value is -2.47. The second kappa shape index (κ2) is 5.66. The van der Waals surface area contributed by atoms with Gasteiger partial charge in [0.25, 0.3) is 11.6 Å². The van der Waals surface area contributed by atoms with Gasteiger partial charge in [-0.25, -0.2) is 0 Å². The Bertz CT molecular complexity index is 688. The van der Waals surface area contributed by atoms with E-state index in [0.29, 0.717) is 5.69 Å². The number of nitrogens with one attached hydrogen (secondary N) is 1. The van der Waals surface area contributed by atoms with E-state index in [-0.39, 0.29) is 16.3 Å². The summed E-state index contributed by atoms with van der Waals surface area (Å²) in [6.07, 6.45) is 3.13. The first-order chi connectivity index (χ1) is 9.47. The van der Waals surface area contributed by atoms with E-state index in [2.05, 4.69) is 10.3 Å². The maximum absolute atomic E-state index is 12.1. The number of aromatic nitrogens is 1. The Labute approximate surface area is 119 Å². The number of hydrogen-bond acceptors (Lipinski definition) is 4. The zero-order valence-corrected chi connectivity index (χ0v) is 11.2. The topological polar surface area (TPSA) is 85.1 Å². The number of benzene rings is 1. The van der Waals surface area contributed by atoms with Crippen molar-refractivity contribution in [2.45, 2.75) is 6.92 Å². The Morgan fingerprint density at radius 3 is 2.75 bits per heavy atom. The summed E-state index contributed by atoms with van der Waals surface area (Å²) in [5.41, 5.74) is 1.23. The quantitative estimate of drug-likeness (QED) is 0.695. The number of aryl methyl sites for hydroxylation is 1. The van der Waals surface area contributed by atoms with Crippen LogP contribution < -0.4 is 5.32 Å². The van der Waals surface area contributed by atoms with Crippen LogP contribution in [0.5, 0.6) is 0 Å². The molecular formula is C13H10ClN3O3. The van der Waals surface area contributed by atoms with Crippen molar-refractivity contribution >= 4 is 28.9 Å². The molecule has 0 fully saturated rings. The zero-order chi connectivity index (χ0) is 14.7. The minimum atomic E-state index is -0.582. The standard InChI is InChI=1S/C13H10ClN3O3/c1-8-4-9(7-15-6-8)16-13(18)11-5-10(17(19)20)2-3-12(11)14/h2-7H,1H3,(H,16,18). The number of carbonyl (C=O) groups is 1. The van der Waals surface area contributed by atoms with Gasteiger partial charge in [-0.1, -0.05) is 11.6 Å². The fourth-order valence-corrected chi connectivity index (χ4v) is 1.83. The van der Waals surface area contributed by atoms with E-state index in [1.807, 2.05) is 6.92 Å². The number of pyridine rings is 1. The number of nitrogens with zero attached hydrogens (tertiary/aromatic N) is 2. The summed E-state index contributed by atoms with van der Waals surface area (Å²) in [5.74, 6) is -0.522. The fourth-order valence-electron chi connectivity index (χ4n) is 1.62. The first-order valence-corrected chi connectivity index (χ1v) is 6.02. The third kappa shape index (κ3) is 3.10. The number of halogens is 1. The van der Waals surface area contributed by atoms with E-state index in [9.17, 15) is 14.9 Å². The summed E-state index contributed by atoms with van der Waals surface area (Å²) in [5, 5.41) is 13.5. The lowest BCUT2D eigenvalue weighted by molar-refractivity contribution is -0.384. The maximum Gasteiger partial charge on any atom is 0.270 e. The Kier molecular flexibility index (Phi) is 3.95. The van der Waals surface area contributed by atoms with Crippen LogP contribution in [-0.2, 0) is 0 Å². The molecule has 102 valence electrons. The molecule has 0 saturated carbocycles. The molecular weight excluding hydrogens is 282 g/mol. The van der Waals surface area contributed by atoms with Crippen molar-refractivity contribution in [2.75, 3.05) is 5.32 Å².